The second kappa shape index (κ2) is 8.44. The molecule has 0 aliphatic rings. The van der Waals surface area contributed by atoms with E-state index in [0.29, 0.717) is 11.3 Å². The highest BCUT2D eigenvalue weighted by atomic mass is 79.9. The Morgan fingerprint density at radius 1 is 1.17 bits per heavy atom. The lowest BCUT2D eigenvalue weighted by molar-refractivity contribution is -0.132. The van der Waals surface area contributed by atoms with Crippen molar-refractivity contribution in [3.05, 3.63) is 64.4 Å². The van der Waals surface area contributed by atoms with Gasteiger partial charge >= 0.3 is 0 Å². The van der Waals surface area contributed by atoms with Crippen molar-refractivity contribution >= 4 is 27.7 Å². The maximum atomic E-state index is 13.1. The maximum absolute atomic E-state index is 13.1. The average Bonchev–Trinajstić information content (AvgIpc) is 2.52. The minimum absolute atomic E-state index is 0.0427. The van der Waals surface area contributed by atoms with Gasteiger partial charge in [0.25, 0.3) is 5.91 Å². The molecule has 0 radical (unpaired) electrons. The van der Waals surface area contributed by atoms with Crippen LogP contribution in [0.2, 0.25) is 0 Å². The molecule has 126 valence electrons. The number of nitrogens with one attached hydrogen (secondary N) is 2. The van der Waals surface area contributed by atoms with Crippen LogP contribution in [0.4, 0.5) is 4.39 Å². The molecule has 2 aromatic rings. The number of carbonyl (C=O) groups excluding carboxylic acids is 2. The van der Waals surface area contributed by atoms with Crippen LogP contribution in [0.15, 0.2) is 53.0 Å². The summed E-state index contributed by atoms with van der Waals surface area (Å²) in [6, 6.07) is 12.8. The highest BCUT2D eigenvalue weighted by molar-refractivity contribution is 9.10. The molecule has 0 saturated carbocycles. The molecule has 0 saturated heterocycles. The molecule has 2 amide bonds. The summed E-state index contributed by atoms with van der Waals surface area (Å²) in [6.45, 7) is 1.56. The molecule has 0 unspecified atom stereocenters. The van der Waals surface area contributed by atoms with Crippen molar-refractivity contribution in [2.24, 2.45) is 0 Å². The predicted octanol–water partition coefficient (Wildman–Crippen LogP) is 2.75. The summed E-state index contributed by atoms with van der Waals surface area (Å²) in [4.78, 5) is 23.7. The number of carbonyl (C=O) groups is 2. The summed E-state index contributed by atoms with van der Waals surface area (Å²) < 4.78 is 19.4. The number of benzene rings is 2. The molecule has 2 rings (SSSR count). The Kier molecular flexibility index (Phi) is 6.31. The fourth-order valence-corrected chi connectivity index (χ4v) is 2.29. The molecular formula is C17H16BrFN2O3. The van der Waals surface area contributed by atoms with E-state index in [1.807, 2.05) is 6.07 Å². The standard InChI is InChI=1S/C17H16BrFN2O3/c1-11(24-15-7-3-5-13(18)10-15)17(23)21-20-16(22)9-12-4-2-6-14(19)8-12/h2-8,10-11H,9H2,1H3,(H,20,22)(H,21,23)/t11-/m1/s1. The average molecular weight is 395 g/mol. The van der Waals surface area contributed by atoms with Gasteiger partial charge in [-0.2, -0.15) is 0 Å². The molecule has 0 spiro atoms. The third kappa shape index (κ3) is 5.66. The smallest absolute Gasteiger partial charge is 0.279 e. The number of rotatable bonds is 5. The van der Waals surface area contributed by atoms with Gasteiger partial charge in [0, 0.05) is 4.47 Å². The second-order valence-corrected chi connectivity index (χ2v) is 5.98. The van der Waals surface area contributed by atoms with E-state index in [2.05, 4.69) is 26.8 Å². The topological polar surface area (TPSA) is 67.4 Å². The van der Waals surface area contributed by atoms with Crippen molar-refractivity contribution in [2.45, 2.75) is 19.4 Å². The van der Waals surface area contributed by atoms with Gasteiger partial charge in [0.15, 0.2) is 6.10 Å². The molecule has 1 atom stereocenters. The summed E-state index contributed by atoms with van der Waals surface area (Å²) in [5.74, 6) is -0.843. The number of halogens is 2. The molecule has 24 heavy (non-hydrogen) atoms. The molecule has 0 fully saturated rings. The van der Waals surface area contributed by atoms with Crippen LogP contribution in [0.5, 0.6) is 5.75 Å². The number of hydrogen-bond acceptors (Lipinski definition) is 3. The van der Waals surface area contributed by atoms with E-state index in [9.17, 15) is 14.0 Å². The van der Waals surface area contributed by atoms with Crippen molar-refractivity contribution in [2.75, 3.05) is 0 Å². The second-order valence-electron chi connectivity index (χ2n) is 5.06. The van der Waals surface area contributed by atoms with Crippen LogP contribution in [0.25, 0.3) is 0 Å². The summed E-state index contributed by atoms with van der Waals surface area (Å²) in [7, 11) is 0. The van der Waals surface area contributed by atoms with Gasteiger partial charge in [-0.05, 0) is 42.8 Å². The van der Waals surface area contributed by atoms with E-state index in [-0.39, 0.29) is 6.42 Å². The van der Waals surface area contributed by atoms with Crippen LogP contribution in [0, 0.1) is 5.82 Å². The number of amides is 2. The number of hydrogen-bond donors (Lipinski definition) is 2. The van der Waals surface area contributed by atoms with E-state index in [0.717, 1.165) is 4.47 Å². The van der Waals surface area contributed by atoms with Crippen molar-refractivity contribution < 1.29 is 18.7 Å². The largest absolute Gasteiger partial charge is 0.481 e. The molecule has 2 N–H and O–H groups in total. The molecule has 5 nitrogen and oxygen atoms in total. The first-order valence-corrected chi connectivity index (χ1v) is 7.98. The lowest BCUT2D eigenvalue weighted by Gasteiger charge is -2.15. The minimum Gasteiger partial charge on any atom is -0.481 e. The molecule has 7 heteroatoms. The molecule has 0 aromatic heterocycles. The summed E-state index contributed by atoms with van der Waals surface area (Å²) >= 11 is 3.31. The van der Waals surface area contributed by atoms with Crippen LogP contribution in [0.1, 0.15) is 12.5 Å². The first kappa shape index (κ1) is 17.9. The third-order valence-electron chi connectivity index (χ3n) is 3.06. The van der Waals surface area contributed by atoms with Gasteiger partial charge in [-0.25, -0.2) is 4.39 Å². The van der Waals surface area contributed by atoms with Crippen LogP contribution in [-0.4, -0.2) is 17.9 Å². The SMILES string of the molecule is C[C@@H](Oc1cccc(Br)c1)C(=O)NNC(=O)Cc1cccc(F)c1. The normalized spacial score (nSPS) is 11.5. The fourth-order valence-electron chi connectivity index (χ4n) is 1.91. The summed E-state index contributed by atoms with van der Waals surface area (Å²) in [5, 5.41) is 0. The van der Waals surface area contributed by atoms with Gasteiger partial charge in [0.1, 0.15) is 11.6 Å². The van der Waals surface area contributed by atoms with Gasteiger partial charge < -0.3 is 4.74 Å². The zero-order valence-corrected chi connectivity index (χ0v) is 14.5. The van der Waals surface area contributed by atoms with Gasteiger partial charge in [0.2, 0.25) is 5.91 Å². The highest BCUT2D eigenvalue weighted by Gasteiger charge is 2.15. The Labute approximate surface area is 147 Å². The lowest BCUT2D eigenvalue weighted by atomic mass is 10.1. The van der Waals surface area contributed by atoms with E-state index < -0.39 is 23.7 Å². The first-order valence-electron chi connectivity index (χ1n) is 7.19. The maximum Gasteiger partial charge on any atom is 0.279 e. The van der Waals surface area contributed by atoms with Crippen molar-refractivity contribution in [3.63, 3.8) is 0 Å². The van der Waals surface area contributed by atoms with Crippen LogP contribution in [-0.2, 0) is 16.0 Å². The van der Waals surface area contributed by atoms with E-state index in [1.165, 1.54) is 18.2 Å². The molecule has 2 aromatic carbocycles. The number of ether oxygens (including phenoxy) is 1. The third-order valence-corrected chi connectivity index (χ3v) is 3.55. The Hall–Kier alpha value is -2.41. The predicted molar refractivity (Wildman–Crippen MR) is 90.6 cm³/mol. The Morgan fingerprint density at radius 2 is 1.92 bits per heavy atom. The Morgan fingerprint density at radius 3 is 2.62 bits per heavy atom. The Balaban J connectivity index is 1.80. The van der Waals surface area contributed by atoms with Crippen LogP contribution in [0.3, 0.4) is 0 Å². The zero-order valence-electron chi connectivity index (χ0n) is 12.9. The van der Waals surface area contributed by atoms with E-state index in [1.54, 1.807) is 31.2 Å². The molecule has 0 aliphatic heterocycles. The highest BCUT2D eigenvalue weighted by Crippen LogP contribution is 2.18. The van der Waals surface area contributed by atoms with E-state index >= 15 is 0 Å². The monoisotopic (exact) mass is 394 g/mol. The molecule has 0 aliphatic carbocycles. The van der Waals surface area contributed by atoms with Gasteiger partial charge in [0.05, 0.1) is 6.42 Å². The van der Waals surface area contributed by atoms with Gasteiger partial charge in [-0.3, -0.25) is 20.4 Å². The van der Waals surface area contributed by atoms with Gasteiger partial charge in [-0.15, -0.1) is 0 Å². The number of hydrazine groups is 1. The fraction of sp³-hybridized carbons (Fsp3) is 0.176. The Bertz CT molecular complexity index is 739. The van der Waals surface area contributed by atoms with Gasteiger partial charge in [-0.1, -0.05) is 34.1 Å². The lowest BCUT2D eigenvalue weighted by Crippen LogP contribution is -2.47. The van der Waals surface area contributed by atoms with Crippen molar-refractivity contribution in [3.8, 4) is 5.75 Å². The molecule has 0 bridgehead atoms. The van der Waals surface area contributed by atoms with Crippen molar-refractivity contribution in [1.82, 2.24) is 10.9 Å². The summed E-state index contributed by atoms with van der Waals surface area (Å²) in [6.07, 6.45) is -0.840. The van der Waals surface area contributed by atoms with Crippen LogP contribution < -0.4 is 15.6 Å². The molecular weight excluding hydrogens is 379 g/mol. The quantitative estimate of drug-likeness (QED) is 0.766. The van der Waals surface area contributed by atoms with E-state index in [4.69, 9.17) is 4.74 Å². The first-order chi connectivity index (χ1) is 11.4. The summed E-state index contributed by atoms with van der Waals surface area (Å²) in [5.41, 5.74) is 5.08. The minimum atomic E-state index is -0.797. The zero-order chi connectivity index (χ0) is 17.5. The van der Waals surface area contributed by atoms with Crippen molar-refractivity contribution in [1.29, 1.82) is 0 Å². The molecule has 0 heterocycles. The van der Waals surface area contributed by atoms with Crippen LogP contribution >= 0.6 is 15.9 Å².